The fraction of sp³-hybridized carbons (Fsp3) is 0.250. The lowest BCUT2D eigenvalue weighted by Gasteiger charge is -2.05. The van der Waals surface area contributed by atoms with Gasteiger partial charge in [0.25, 0.3) is 0 Å². The molecule has 94 valence electrons. The van der Waals surface area contributed by atoms with E-state index in [1.165, 1.54) is 18.9 Å². The summed E-state index contributed by atoms with van der Waals surface area (Å²) in [4.78, 5) is 19.4. The number of carbonyl (C=O) groups is 1. The van der Waals surface area contributed by atoms with Crippen molar-refractivity contribution in [3.8, 4) is 0 Å². The molecule has 0 saturated heterocycles. The number of ether oxygens (including phenoxy) is 1. The van der Waals surface area contributed by atoms with Crippen LogP contribution in [0, 0.1) is 0 Å². The first-order valence-corrected chi connectivity index (χ1v) is 6.41. The number of para-hydroxylation sites is 1. The summed E-state index contributed by atoms with van der Waals surface area (Å²) in [6.07, 6.45) is 0.347. The highest BCUT2D eigenvalue weighted by molar-refractivity contribution is 7.99. The maximum atomic E-state index is 11.0. The number of nitrogen functional groups attached to an aromatic ring is 1. The van der Waals surface area contributed by atoms with Crippen LogP contribution >= 0.6 is 11.8 Å². The lowest BCUT2D eigenvalue weighted by atomic mass is 10.2. The summed E-state index contributed by atoms with van der Waals surface area (Å²) in [6.45, 7) is 0. The zero-order valence-electron chi connectivity index (χ0n) is 9.92. The largest absolute Gasteiger partial charge is 0.469 e. The van der Waals surface area contributed by atoms with E-state index in [2.05, 4.69) is 14.7 Å². The monoisotopic (exact) mass is 263 g/mol. The Morgan fingerprint density at radius 3 is 2.94 bits per heavy atom. The molecule has 0 aliphatic carbocycles. The summed E-state index contributed by atoms with van der Waals surface area (Å²) in [5.41, 5.74) is 6.47. The smallest absolute Gasteiger partial charge is 0.306 e. The Morgan fingerprint density at radius 2 is 2.17 bits per heavy atom. The Bertz CT molecular complexity index is 574. The molecule has 0 unspecified atom stereocenters. The molecule has 0 aliphatic rings. The van der Waals surface area contributed by atoms with E-state index in [-0.39, 0.29) is 11.9 Å². The van der Waals surface area contributed by atoms with Crippen molar-refractivity contribution >= 4 is 34.6 Å². The molecule has 1 heterocycles. The van der Waals surface area contributed by atoms with Gasteiger partial charge in [0, 0.05) is 11.1 Å². The van der Waals surface area contributed by atoms with Gasteiger partial charge in [-0.2, -0.15) is 0 Å². The highest BCUT2D eigenvalue weighted by atomic mass is 32.2. The Balaban J connectivity index is 2.19. The Kier molecular flexibility index (Phi) is 3.99. The van der Waals surface area contributed by atoms with E-state index < -0.39 is 0 Å². The highest BCUT2D eigenvalue weighted by Crippen LogP contribution is 2.26. The second-order valence-electron chi connectivity index (χ2n) is 3.58. The second kappa shape index (κ2) is 5.68. The first-order valence-electron chi connectivity index (χ1n) is 5.42. The Morgan fingerprint density at radius 1 is 1.39 bits per heavy atom. The van der Waals surface area contributed by atoms with Crippen LogP contribution in [0.25, 0.3) is 10.9 Å². The average Bonchev–Trinajstić information content (AvgIpc) is 2.38. The van der Waals surface area contributed by atoms with Crippen LogP contribution in [0.3, 0.4) is 0 Å². The number of carbonyl (C=O) groups excluding carboxylic acids is 1. The molecule has 0 aliphatic heterocycles. The SMILES string of the molecule is COC(=O)CCSc1nc(N)nc2ccccc12. The Labute approximate surface area is 109 Å². The molecule has 2 aromatic rings. The van der Waals surface area contributed by atoms with Crippen LogP contribution in [-0.4, -0.2) is 28.8 Å². The van der Waals surface area contributed by atoms with Crippen LogP contribution in [0.15, 0.2) is 29.3 Å². The van der Waals surface area contributed by atoms with E-state index in [1.807, 2.05) is 24.3 Å². The topological polar surface area (TPSA) is 78.1 Å². The van der Waals surface area contributed by atoms with Gasteiger partial charge in [-0.25, -0.2) is 9.97 Å². The molecule has 0 radical (unpaired) electrons. The van der Waals surface area contributed by atoms with Gasteiger partial charge in [0.2, 0.25) is 5.95 Å². The number of hydrogen-bond acceptors (Lipinski definition) is 6. The number of rotatable bonds is 4. The van der Waals surface area contributed by atoms with Crippen LogP contribution in [0.1, 0.15) is 6.42 Å². The fourth-order valence-corrected chi connectivity index (χ4v) is 2.46. The number of nitrogens with zero attached hydrogens (tertiary/aromatic N) is 2. The molecule has 2 rings (SSSR count). The summed E-state index contributed by atoms with van der Waals surface area (Å²) in [5.74, 6) is 0.621. The number of benzene rings is 1. The molecular formula is C12H13N3O2S. The standard InChI is InChI=1S/C12H13N3O2S/c1-17-10(16)6-7-18-11-8-4-2-3-5-9(8)14-12(13)15-11/h2-5H,6-7H2,1H3,(H2,13,14,15). The third-order valence-corrected chi connectivity index (χ3v) is 3.35. The minimum atomic E-state index is -0.228. The van der Waals surface area contributed by atoms with Crippen molar-refractivity contribution in [2.45, 2.75) is 11.4 Å². The van der Waals surface area contributed by atoms with E-state index >= 15 is 0 Å². The fourth-order valence-electron chi connectivity index (χ4n) is 1.51. The van der Waals surface area contributed by atoms with Crippen molar-refractivity contribution in [3.05, 3.63) is 24.3 Å². The van der Waals surface area contributed by atoms with Gasteiger partial charge in [0.05, 0.1) is 19.0 Å². The quantitative estimate of drug-likeness (QED) is 0.515. The number of thioether (sulfide) groups is 1. The molecule has 0 saturated carbocycles. The molecule has 6 heteroatoms. The summed E-state index contributed by atoms with van der Waals surface area (Å²) in [6, 6.07) is 7.65. The molecule has 0 fully saturated rings. The van der Waals surface area contributed by atoms with Gasteiger partial charge < -0.3 is 10.5 Å². The number of nitrogens with two attached hydrogens (primary N) is 1. The lowest BCUT2D eigenvalue weighted by molar-refractivity contribution is -0.140. The van der Waals surface area contributed by atoms with E-state index in [0.717, 1.165) is 15.9 Å². The number of fused-ring (bicyclic) bond motifs is 1. The first kappa shape index (κ1) is 12.6. The zero-order chi connectivity index (χ0) is 13.0. The minimum Gasteiger partial charge on any atom is -0.469 e. The van der Waals surface area contributed by atoms with E-state index in [1.54, 1.807) is 0 Å². The van der Waals surface area contributed by atoms with E-state index in [4.69, 9.17) is 5.73 Å². The molecule has 0 bridgehead atoms. The van der Waals surface area contributed by atoms with Gasteiger partial charge in [-0.3, -0.25) is 4.79 Å². The van der Waals surface area contributed by atoms with Gasteiger partial charge in [-0.05, 0) is 6.07 Å². The van der Waals surface area contributed by atoms with Crippen LogP contribution in [0.5, 0.6) is 0 Å². The minimum absolute atomic E-state index is 0.228. The molecular weight excluding hydrogens is 250 g/mol. The summed E-state index contributed by atoms with van der Waals surface area (Å²) >= 11 is 1.48. The van der Waals surface area contributed by atoms with Crippen LogP contribution < -0.4 is 5.73 Å². The van der Waals surface area contributed by atoms with Crippen LogP contribution in [0.2, 0.25) is 0 Å². The number of anilines is 1. The molecule has 1 aromatic carbocycles. The predicted octanol–water partition coefficient (Wildman–Crippen LogP) is 1.87. The van der Waals surface area contributed by atoms with Crippen molar-refractivity contribution in [1.29, 1.82) is 0 Å². The molecule has 18 heavy (non-hydrogen) atoms. The maximum Gasteiger partial charge on any atom is 0.306 e. The molecule has 0 amide bonds. The van der Waals surface area contributed by atoms with Gasteiger partial charge >= 0.3 is 5.97 Å². The number of methoxy groups -OCH3 is 1. The molecule has 1 aromatic heterocycles. The van der Waals surface area contributed by atoms with Crippen LogP contribution in [0.4, 0.5) is 5.95 Å². The molecule has 5 nitrogen and oxygen atoms in total. The van der Waals surface area contributed by atoms with Gasteiger partial charge in [-0.15, -0.1) is 11.8 Å². The third-order valence-electron chi connectivity index (χ3n) is 2.36. The summed E-state index contributed by atoms with van der Waals surface area (Å²) < 4.78 is 4.59. The molecule has 2 N–H and O–H groups in total. The van der Waals surface area contributed by atoms with Gasteiger partial charge in [0.1, 0.15) is 5.03 Å². The third kappa shape index (κ3) is 2.89. The van der Waals surface area contributed by atoms with Crippen molar-refractivity contribution in [2.24, 2.45) is 0 Å². The van der Waals surface area contributed by atoms with Crippen molar-refractivity contribution in [3.63, 3.8) is 0 Å². The summed E-state index contributed by atoms with van der Waals surface area (Å²) in [5, 5.41) is 1.74. The van der Waals surface area contributed by atoms with Crippen molar-refractivity contribution < 1.29 is 9.53 Å². The van der Waals surface area contributed by atoms with E-state index in [9.17, 15) is 4.79 Å². The lowest BCUT2D eigenvalue weighted by Crippen LogP contribution is -2.02. The molecule has 0 spiro atoms. The second-order valence-corrected chi connectivity index (χ2v) is 4.66. The zero-order valence-corrected chi connectivity index (χ0v) is 10.7. The van der Waals surface area contributed by atoms with E-state index in [0.29, 0.717) is 12.2 Å². The first-order chi connectivity index (χ1) is 8.70. The van der Waals surface area contributed by atoms with Crippen molar-refractivity contribution in [1.82, 2.24) is 9.97 Å². The van der Waals surface area contributed by atoms with Gasteiger partial charge in [-0.1, -0.05) is 18.2 Å². The number of aromatic nitrogens is 2. The number of esters is 1. The summed E-state index contributed by atoms with van der Waals surface area (Å²) in [7, 11) is 1.38. The van der Waals surface area contributed by atoms with Gasteiger partial charge in [0.15, 0.2) is 0 Å². The average molecular weight is 263 g/mol. The Hall–Kier alpha value is -1.82. The normalized spacial score (nSPS) is 10.5. The number of hydrogen-bond donors (Lipinski definition) is 1. The van der Waals surface area contributed by atoms with Crippen molar-refractivity contribution in [2.75, 3.05) is 18.6 Å². The van der Waals surface area contributed by atoms with Crippen LogP contribution in [-0.2, 0) is 9.53 Å². The highest BCUT2D eigenvalue weighted by Gasteiger charge is 2.07. The molecule has 0 atom stereocenters. The maximum absolute atomic E-state index is 11.0. The predicted molar refractivity (Wildman–Crippen MR) is 71.3 cm³/mol.